The Labute approximate surface area is 141 Å². The second-order valence-corrected chi connectivity index (χ2v) is 6.32. The van der Waals surface area contributed by atoms with E-state index in [1.807, 2.05) is 6.07 Å². The van der Waals surface area contributed by atoms with Gasteiger partial charge in [-0.25, -0.2) is 9.69 Å². The van der Waals surface area contributed by atoms with E-state index >= 15 is 0 Å². The highest BCUT2D eigenvalue weighted by atomic mass is 16.2. The minimum atomic E-state index is -1.07. The zero-order valence-corrected chi connectivity index (χ0v) is 14.3. The van der Waals surface area contributed by atoms with Gasteiger partial charge >= 0.3 is 6.03 Å². The Morgan fingerprint density at radius 1 is 1.25 bits per heavy atom. The third-order valence-electron chi connectivity index (χ3n) is 3.88. The van der Waals surface area contributed by atoms with Gasteiger partial charge in [-0.1, -0.05) is 32.0 Å². The third kappa shape index (κ3) is 4.07. The van der Waals surface area contributed by atoms with Crippen LogP contribution in [0.3, 0.4) is 0 Å². The normalized spacial score (nSPS) is 18.6. The number of benzene rings is 1. The quantitative estimate of drug-likeness (QED) is 0.495. The third-order valence-corrected chi connectivity index (χ3v) is 3.88. The van der Waals surface area contributed by atoms with E-state index in [0.717, 1.165) is 23.3 Å². The maximum atomic E-state index is 12.6. The minimum absolute atomic E-state index is 0.478. The van der Waals surface area contributed by atoms with Crippen LogP contribution < -0.4 is 10.2 Å². The molecule has 1 N–H and O–H groups in total. The smallest absolute Gasteiger partial charge is 0.296 e. The molecule has 128 valence electrons. The average molecular weight is 329 g/mol. The number of carbonyl (C=O) groups is 3. The number of aryl methyl sites for hydroxylation is 1. The van der Waals surface area contributed by atoms with E-state index in [9.17, 15) is 14.4 Å². The molecule has 0 bridgehead atoms. The largest absolute Gasteiger partial charge is 0.335 e. The van der Waals surface area contributed by atoms with Gasteiger partial charge in [-0.05, 0) is 37.3 Å². The van der Waals surface area contributed by atoms with Gasteiger partial charge in [0.25, 0.3) is 5.91 Å². The van der Waals surface area contributed by atoms with Gasteiger partial charge in [0, 0.05) is 12.8 Å². The molecule has 0 radical (unpaired) electrons. The van der Waals surface area contributed by atoms with Gasteiger partial charge in [0.2, 0.25) is 5.91 Å². The molecule has 1 saturated heterocycles. The van der Waals surface area contributed by atoms with Crippen LogP contribution in [0.2, 0.25) is 0 Å². The molecule has 2 rings (SSSR count). The first kappa shape index (κ1) is 17.8. The molecule has 1 aliphatic rings. The van der Waals surface area contributed by atoms with Crippen LogP contribution in [0.1, 0.15) is 32.3 Å². The van der Waals surface area contributed by atoms with E-state index < -0.39 is 23.8 Å². The molecule has 1 atom stereocenters. The summed E-state index contributed by atoms with van der Waals surface area (Å²) in [4.78, 5) is 41.9. The zero-order chi connectivity index (χ0) is 17.7. The maximum absolute atomic E-state index is 12.6. The maximum Gasteiger partial charge on any atom is 0.335 e. The Hall–Kier alpha value is -2.50. The Kier molecular flexibility index (Phi) is 5.84. The molecular weight excluding hydrogens is 306 g/mol. The molecule has 1 fully saturated rings. The van der Waals surface area contributed by atoms with E-state index in [4.69, 9.17) is 0 Å². The molecule has 1 aromatic carbocycles. The van der Waals surface area contributed by atoms with E-state index in [-0.39, 0.29) is 0 Å². The highest BCUT2D eigenvalue weighted by molar-refractivity contribution is 6.32. The molecule has 0 unspecified atom stereocenters. The highest BCUT2D eigenvalue weighted by Crippen LogP contribution is 2.23. The fourth-order valence-corrected chi connectivity index (χ4v) is 2.54. The average Bonchev–Trinajstić information content (AvgIpc) is 2.51. The molecule has 24 heavy (non-hydrogen) atoms. The standard InChI is InChI=1S/C18H23N3O3/c1-12(2)7-6-10-19-11-14-16(22)20-18(24)21(17(14)23)15-9-5-4-8-13(15)3/h4-5,8-9,11-12,14H,6-7,10H2,1-3H3,(H,20,22,24)/t14-/m0/s1. The summed E-state index contributed by atoms with van der Waals surface area (Å²) in [5, 5.41) is 2.23. The van der Waals surface area contributed by atoms with Crippen LogP contribution in [0.4, 0.5) is 10.5 Å². The van der Waals surface area contributed by atoms with Crippen molar-refractivity contribution in [1.29, 1.82) is 0 Å². The minimum Gasteiger partial charge on any atom is -0.296 e. The molecule has 1 aliphatic heterocycles. The monoisotopic (exact) mass is 329 g/mol. The SMILES string of the molecule is Cc1ccccc1N1C(=O)NC(=O)[C@H](C=NCCCC(C)C)C1=O. The van der Waals surface area contributed by atoms with Gasteiger partial charge < -0.3 is 0 Å². The van der Waals surface area contributed by atoms with Gasteiger partial charge in [-0.15, -0.1) is 0 Å². The predicted octanol–water partition coefficient (Wildman–Crippen LogP) is 2.70. The molecule has 0 aromatic heterocycles. The summed E-state index contributed by atoms with van der Waals surface area (Å²) in [6.07, 6.45) is 3.29. The number of imide groups is 2. The molecule has 4 amide bonds. The number of rotatable bonds is 6. The number of nitrogens with zero attached hydrogens (tertiary/aromatic N) is 2. The summed E-state index contributed by atoms with van der Waals surface area (Å²) < 4.78 is 0. The number of carbonyl (C=O) groups excluding carboxylic acids is 3. The first-order chi connectivity index (χ1) is 11.4. The van der Waals surface area contributed by atoms with Crippen molar-refractivity contribution in [1.82, 2.24) is 5.32 Å². The number of aliphatic imine (C=N–C) groups is 1. The van der Waals surface area contributed by atoms with Crippen LogP contribution in [0.5, 0.6) is 0 Å². The van der Waals surface area contributed by atoms with Crippen molar-refractivity contribution < 1.29 is 14.4 Å². The molecule has 1 heterocycles. The number of anilines is 1. The second-order valence-electron chi connectivity index (χ2n) is 6.32. The lowest BCUT2D eigenvalue weighted by molar-refractivity contribution is -0.131. The van der Waals surface area contributed by atoms with Crippen molar-refractivity contribution in [3.8, 4) is 0 Å². The number of hydrogen-bond acceptors (Lipinski definition) is 4. The first-order valence-electron chi connectivity index (χ1n) is 8.16. The summed E-state index contributed by atoms with van der Waals surface area (Å²) in [6, 6.07) is 6.34. The van der Waals surface area contributed by atoms with Gasteiger partial charge in [0.05, 0.1) is 5.69 Å². The summed E-state index contributed by atoms with van der Waals surface area (Å²) >= 11 is 0. The summed E-state index contributed by atoms with van der Waals surface area (Å²) in [5.41, 5.74) is 1.26. The zero-order valence-electron chi connectivity index (χ0n) is 14.3. The van der Waals surface area contributed by atoms with Crippen molar-refractivity contribution in [2.24, 2.45) is 16.8 Å². The Morgan fingerprint density at radius 3 is 2.62 bits per heavy atom. The van der Waals surface area contributed by atoms with Crippen LogP contribution in [-0.2, 0) is 9.59 Å². The van der Waals surface area contributed by atoms with Crippen LogP contribution in [-0.4, -0.2) is 30.6 Å². The summed E-state index contributed by atoms with van der Waals surface area (Å²) in [6.45, 7) is 6.63. The van der Waals surface area contributed by atoms with Gasteiger partial charge in [-0.2, -0.15) is 0 Å². The lowest BCUT2D eigenvalue weighted by atomic mass is 10.0. The highest BCUT2D eigenvalue weighted by Gasteiger charge is 2.40. The van der Waals surface area contributed by atoms with E-state index in [1.165, 1.54) is 6.21 Å². The fourth-order valence-electron chi connectivity index (χ4n) is 2.54. The number of para-hydroxylation sites is 1. The van der Waals surface area contributed by atoms with E-state index in [2.05, 4.69) is 24.2 Å². The first-order valence-corrected chi connectivity index (χ1v) is 8.16. The van der Waals surface area contributed by atoms with Gasteiger partial charge in [0.15, 0.2) is 5.92 Å². The number of urea groups is 1. The number of nitrogens with one attached hydrogen (secondary N) is 1. The summed E-state index contributed by atoms with van der Waals surface area (Å²) in [7, 11) is 0. The Balaban J connectivity index is 2.14. The van der Waals surface area contributed by atoms with Gasteiger partial charge in [-0.3, -0.25) is 19.9 Å². The molecule has 6 nitrogen and oxygen atoms in total. The Bertz CT molecular complexity index is 667. The summed E-state index contributed by atoms with van der Waals surface area (Å²) in [5.74, 6) is -1.66. The molecule has 0 spiro atoms. The number of amides is 4. The predicted molar refractivity (Wildman–Crippen MR) is 93.1 cm³/mol. The van der Waals surface area contributed by atoms with Crippen molar-refractivity contribution in [3.05, 3.63) is 29.8 Å². The molecule has 0 saturated carbocycles. The molecular formula is C18H23N3O3. The fraction of sp³-hybridized carbons (Fsp3) is 0.444. The van der Waals surface area contributed by atoms with Crippen molar-refractivity contribution >= 4 is 29.7 Å². The molecule has 6 heteroatoms. The lowest BCUT2D eigenvalue weighted by Crippen LogP contribution is -2.58. The van der Waals surface area contributed by atoms with Crippen molar-refractivity contribution in [2.75, 3.05) is 11.4 Å². The van der Waals surface area contributed by atoms with Crippen molar-refractivity contribution in [3.63, 3.8) is 0 Å². The topological polar surface area (TPSA) is 78.8 Å². The van der Waals surface area contributed by atoms with Crippen LogP contribution in [0.15, 0.2) is 29.3 Å². The van der Waals surface area contributed by atoms with Crippen LogP contribution in [0, 0.1) is 18.8 Å². The Morgan fingerprint density at radius 2 is 1.96 bits per heavy atom. The van der Waals surface area contributed by atoms with Crippen LogP contribution in [0.25, 0.3) is 0 Å². The lowest BCUT2D eigenvalue weighted by Gasteiger charge is -2.29. The van der Waals surface area contributed by atoms with Gasteiger partial charge in [0.1, 0.15) is 0 Å². The number of hydrogen-bond donors (Lipinski definition) is 1. The second kappa shape index (κ2) is 7.86. The number of barbiturate groups is 1. The van der Waals surface area contributed by atoms with E-state index in [1.54, 1.807) is 25.1 Å². The molecule has 1 aromatic rings. The van der Waals surface area contributed by atoms with Crippen LogP contribution >= 0.6 is 0 Å². The van der Waals surface area contributed by atoms with Crippen molar-refractivity contribution in [2.45, 2.75) is 33.6 Å². The molecule has 0 aliphatic carbocycles. The van der Waals surface area contributed by atoms with E-state index in [0.29, 0.717) is 18.2 Å².